The highest BCUT2D eigenvalue weighted by Crippen LogP contribution is 2.28. The van der Waals surface area contributed by atoms with Crippen molar-refractivity contribution in [3.63, 3.8) is 0 Å². The molecule has 7 heteroatoms. The van der Waals surface area contributed by atoms with E-state index < -0.39 is 11.9 Å². The summed E-state index contributed by atoms with van der Waals surface area (Å²) in [5.74, 6) is 0. The Hall–Kier alpha value is -2.31. The maximum Gasteiger partial charge on any atom is 0.435 e. The Labute approximate surface area is 100 Å². The number of amides is 1. The fraction of sp³-hybridized carbons (Fsp3) is 0.0909. The Balaban J connectivity index is 2.43. The molecule has 0 fully saturated rings. The maximum atomic E-state index is 12.4. The molecule has 2 aromatic rings. The molecule has 0 spiro atoms. The van der Waals surface area contributed by atoms with Crippen LogP contribution in [0.4, 0.5) is 18.9 Å². The molecule has 1 amide bonds. The van der Waals surface area contributed by atoms with Gasteiger partial charge in [-0.05, 0) is 18.2 Å². The summed E-state index contributed by atoms with van der Waals surface area (Å²) in [5.41, 5.74) is -0.243. The van der Waals surface area contributed by atoms with Crippen molar-refractivity contribution in [2.45, 2.75) is 6.18 Å². The lowest BCUT2D eigenvalue weighted by atomic mass is 10.2. The number of carbonyl (C=O) groups excluding carboxylic acids is 1. The highest BCUT2D eigenvalue weighted by atomic mass is 19.4. The van der Waals surface area contributed by atoms with Gasteiger partial charge in [-0.2, -0.15) is 18.3 Å². The van der Waals surface area contributed by atoms with Crippen molar-refractivity contribution >= 4 is 12.1 Å². The molecule has 0 saturated heterocycles. The van der Waals surface area contributed by atoms with Crippen LogP contribution in [0, 0.1) is 0 Å². The third-order valence-electron chi connectivity index (χ3n) is 2.24. The van der Waals surface area contributed by atoms with Crippen molar-refractivity contribution in [2.75, 3.05) is 5.32 Å². The van der Waals surface area contributed by atoms with Gasteiger partial charge >= 0.3 is 6.18 Å². The highest BCUT2D eigenvalue weighted by Gasteiger charge is 2.33. The summed E-state index contributed by atoms with van der Waals surface area (Å²) in [7, 11) is 0. The van der Waals surface area contributed by atoms with Gasteiger partial charge in [0.25, 0.3) is 0 Å². The van der Waals surface area contributed by atoms with Crippen molar-refractivity contribution in [3.05, 3.63) is 42.2 Å². The first-order valence-electron chi connectivity index (χ1n) is 4.95. The molecule has 0 radical (unpaired) electrons. The van der Waals surface area contributed by atoms with Crippen LogP contribution in [0.5, 0.6) is 0 Å². The molecule has 94 valence electrons. The molecule has 0 aliphatic rings. The Morgan fingerprint density at radius 2 is 1.94 bits per heavy atom. The molecule has 1 heterocycles. The first-order chi connectivity index (χ1) is 8.52. The summed E-state index contributed by atoms with van der Waals surface area (Å²) >= 11 is 0. The van der Waals surface area contributed by atoms with Gasteiger partial charge in [0.2, 0.25) is 6.41 Å². The summed E-state index contributed by atoms with van der Waals surface area (Å²) < 4.78 is 38.3. The van der Waals surface area contributed by atoms with Gasteiger partial charge in [-0.3, -0.25) is 4.79 Å². The second kappa shape index (κ2) is 4.52. The van der Waals surface area contributed by atoms with E-state index in [4.69, 9.17) is 0 Å². The topological polar surface area (TPSA) is 46.9 Å². The minimum Gasteiger partial charge on any atom is -0.327 e. The molecule has 4 nitrogen and oxygen atoms in total. The Morgan fingerprint density at radius 3 is 2.56 bits per heavy atom. The fourth-order valence-electron chi connectivity index (χ4n) is 1.47. The van der Waals surface area contributed by atoms with E-state index in [0.29, 0.717) is 17.8 Å². The molecule has 1 aromatic heterocycles. The molecule has 0 atom stereocenters. The van der Waals surface area contributed by atoms with E-state index in [1.807, 2.05) is 0 Å². The Kier molecular flexibility index (Phi) is 3.05. The van der Waals surface area contributed by atoms with Crippen molar-refractivity contribution in [1.29, 1.82) is 0 Å². The van der Waals surface area contributed by atoms with Crippen LogP contribution in [0.1, 0.15) is 5.69 Å². The smallest absolute Gasteiger partial charge is 0.327 e. The van der Waals surface area contributed by atoms with Crippen molar-refractivity contribution in [1.82, 2.24) is 9.78 Å². The summed E-state index contributed by atoms with van der Waals surface area (Å²) in [4.78, 5) is 10.4. The van der Waals surface area contributed by atoms with Crippen LogP contribution in [0.25, 0.3) is 5.69 Å². The number of halogens is 3. The Bertz CT molecular complexity index is 563. The first-order valence-corrected chi connectivity index (χ1v) is 4.95. The van der Waals surface area contributed by atoms with Gasteiger partial charge in [-0.1, -0.05) is 12.1 Å². The van der Waals surface area contributed by atoms with Crippen LogP contribution in [-0.4, -0.2) is 16.2 Å². The first kappa shape index (κ1) is 12.2. The molecule has 2 rings (SSSR count). The second-order valence-electron chi connectivity index (χ2n) is 3.42. The van der Waals surface area contributed by atoms with Gasteiger partial charge in [0.05, 0.1) is 11.4 Å². The van der Waals surface area contributed by atoms with E-state index in [2.05, 4.69) is 10.4 Å². The maximum absolute atomic E-state index is 12.4. The number of hydrogen-bond donors (Lipinski definition) is 1. The Morgan fingerprint density at radius 1 is 1.22 bits per heavy atom. The number of benzene rings is 1. The SMILES string of the molecule is O=CNc1ccccc1-n1ccc(C(F)(F)F)n1. The predicted molar refractivity (Wildman–Crippen MR) is 58.3 cm³/mol. The molecule has 18 heavy (non-hydrogen) atoms. The van der Waals surface area contributed by atoms with Crippen LogP contribution in [0.3, 0.4) is 0 Å². The number of nitrogens with zero attached hydrogens (tertiary/aromatic N) is 2. The van der Waals surface area contributed by atoms with Gasteiger partial charge in [0.15, 0.2) is 5.69 Å². The second-order valence-corrected chi connectivity index (χ2v) is 3.42. The van der Waals surface area contributed by atoms with E-state index in [9.17, 15) is 18.0 Å². The molecule has 1 N–H and O–H groups in total. The van der Waals surface area contributed by atoms with Gasteiger partial charge < -0.3 is 5.32 Å². The fourth-order valence-corrected chi connectivity index (χ4v) is 1.47. The van der Waals surface area contributed by atoms with Gasteiger partial charge in [0, 0.05) is 6.20 Å². The third-order valence-corrected chi connectivity index (χ3v) is 2.24. The average molecular weight is 255 g/mol. The van der Waals surface area contributed by atoms with Gasteiger partial charge in [0.1, 0.15) is 0 Å². The number of alkyl halides is 3. The average Bonchev–Trinajstić information content (AvgIpc) is 2.79. The normalized spacial score (nSPS) is 11.3. The van der Waals surface area contributed by atoms with E-state index in [-0.39, 0.29) is 0 Å². The van der Waals surface area contributed by atoms with E-state index in [0.717, 1.165) is 10.7 Å². The lowest BCUT2D eigenvalue weighted by Gasteiger charge is -2.08. The van der Waals surface area contributed by atoms with Crippen molar-refractivity contribution in [3.8, 4) is 5.69 Å². The molecule has 0 aliphatic heterocycles. The third kappa shape index (κ3) is 2.34. The number of rotatable bonds is 3. The van der Waals surface area contributed by atoms with Gasteiger partial charge in [-0.25, -0.2) is 4.68 Å². The monoisotopic (exact) mass is 255 g/mol. The van der Waals surface area contributed by atoms with E-state index in [1.165, 1.54) is 6.20 Å². The number of anilines is 1. The quantitative estimate of drug-likeness (QED) is 0.856. The number of para-hydroxylation sites is 2. The van der Waals surface area contributed by atoms with Crippen molar-refractivity contribution < 1.29 is 18.0 Å². The number of aromatic nitrogens is 2. The molecule has 0 saturated carbocycles. The van der Waals surface area contributed by atoms with Crippen LogP contribution >= 0.6 is 0 Å². The minimum atomic E-state index is -4.49. The summed E-state index contributed by atoms with van der Waals surface area (Å²) in [6.07, 6.45) is -2.85. The van der Waals surface area contributed by atoms with Crippen LogP contribution < -0.4 is 5.32 Å². The van der Waals surface area contributed by atoms with Crippen LogP contribution in [0.15, 0.2) is 36.5 Å². The zero-order valence-electron chi connectivity index (χ0n) is 8.98. The van der Waals surface area contributed by atoms with Gasteiger partial charge in [-0.15, -0.1) is 0 Å². The highest BCUT2D eigenvalue weighted by molar-refractivity contribution is 5.76. The zero-order chi connectivity index (χ0) is 13.2. The zero-order valence-corrected chi connectivity index (χ0v) is 8.98. The molecular weight excluding hydrogens is 247 g/mol. The summed E-state index contributed by atoms with van der Waals surface area (Å²) in [6, 6.07) is 7.29. The molecule has 0 aliphatic carbocycles. The largest absolute Gasteiger partial charge is 0.435 e. The minimum absolute atomic E-state index is 0.361. The number of hydrogen-bond acceptors (Lipinski definition) is 2. The van der Waals surface area contributed by atoms with Crippen LogP contribution in [-0.2, 0) is 11.0 Å². The lowest BCUT2D eigenvalue weighted by molar-refractivity contribution is -0.141. The van der Waals surface area contributed by atoms with Crippen LogP contribution in [0.2, 0.25) is 0 Å². The predicted octanol–water partition coefficient (Wildman–Crippen LogP) is 2.46. The molecule has 0 bridgehead atoms. The molecule has 0 unspecified atom stereocenters. The summed E-state index contributed by atoms with van der Waals surface area (Å²) in [5, 5.41) is 5.83. The number of carbonyl (C=O) groups is 1. The molecular formula is C11H8F3N3O. The van der Waals surface area contributed by atoms with E-state index in [1.54, 1.807) is 24.3 Å². The van der Waals surface area contributed by atoms with Crippen molar-refractivity contribution in [2.24, 2.45) is 0 Å². The summed E-state index contributed by atoms with van der Waals surface area (Å²) in [6.45, 7) is 0. The standard InChI is InChI=1S/C11H8F3N3O/c12-11(13,14)10-5-6-17(16-10)9-4-2-1-3-8(9)15-7-18/h1-7H,(H,15,18). The van der Waals surface area contributed by atoms with E-state index >= 15 is 0 Å². The molecule has 1 aromatic carbocycles. The lowest BCUT2D eigenvalue weighted by Crippen LogP contribution is -2.08. The number of nitrogens with one attached hydrogen (secondary N) is 1.